The fourth-order valence-corrected chi connectivity index (χ4v) is 2.75. The summed E-state index contributed by atoms with van der Waals surface area (Å²) < 4.78 is 1.94. The van der Waals surface area contributed by atoms with Crippen LogP contribution < -0.4 is 5.32 Å². The Morgan fingerprint density at radius 2 is 1.95 bits per heavy atom. The summed E-state index contributed by atoms with van der Waals surface area (Å²) in [6, 6.07) is 10.6. The summed E-state index contributed by atoms with van der Waals surface area (Å²) in [7, 11) is 0. The standard InChI is InChI=1S/C16H24N4/c1-5-17-13(2)11-16(3,4)15-12-18-19-20(15)14-9-7-6-8-10-14/h6-10,12-13,17H,5,11H2,1-4H3. The Hall–Kier alpha value is -1.68. The van der Waals surface area contributed by atoms with Crippen LogP contribution in [0.1, 0.15) is 39.8 Å². The molecule has 1 heterocycles. The predicted molar refractivity (Wildman–Crippen MR) is 82.1 cm³/mol. The molecule has 0 bridgehead atoms. The predicted octanol–water partition coefficient (Wildman–Crippen LogP) is 2.93. The molecule has 108 valence electrons. The van der Waals surface area contributed by atoms with Crippen molar-refractivity contribution in [2.24, 2.45) is 0 Å². The molecule has 4 heteroatoms. The first-order valence-electron chi connectivity index (χ1n) is 7.24. The third kappa shape index (κ3) is 3.25. The summed E-state index contributed by atoms with van der Waals surface area (Å²) in [6.07, 6.45) is 2.92. The molecule has 0 saturated heterocycles. The molecule has 0 aliphatic carbocycles. The van der Waals surface area contributed by atoms with E-state index >= 15 is 0 Å². The third-order valence-corrected chi connectivity index (χ3v) is 3.61. The van der Waals surface area contributed by atoms with Gasteiger partial charge < -0.3 is 5.32 Å². The van der Waals surface area contributed by atoms with Crippen LogP contribution in [-0.4, -0.2) is 27.6 Å². The zero-order chi connectivity index (χ0) is 14.6. The van der Waals surface area contributed by atoms with Gasteiger partial charge in [-0.15, -0.1) is 5.10 Å². The fourth-order valence-electron chi connectivity index (χ4n) is 2.75. The zero-order valence-corrected chi connectivity index (χ0v) is 12.8. The molecule has 0 fully saturated rings. The van der Waals surface area contributed by atoms with Gasteiger partial charge in [0, 0.05) is 11.5 Å². The van der Waals surface area contributed by atoms with E-state index in [1.54, 1.807) is 0 Å². The van der Waals surface area contributed by atoms with Gasteiger partial charge >= 0.3 is 0 Å². The quantitative estimate of drug-likeness (QED) is 0.879. The Bertz CT molecular complexity index is 530. The van der Waals surface area contributed by atoms with E-state index in [1.165, 1.54) is 0 Å². The zero-order valence-electron chi connectivity index (χ0n) is 12.8. The van der Waals surface area contributed by atoms with Gasteiger partial charge in [-0.1, -0.05) is 44.2 Å². The maximum atomic E-state index is 4.25. The molecule has 1 unspecified atom stereocenters. The Labute approximate surface area is 121 Å². The topological polar surface area (TPSA) is 42.7 Å². The van der Waals surface area contributed by atoms with E-state index in [0.29, 0.717) is 6.04 Å². The van der Waals surface area contributed by atoms with E-state index in [2.05, 4.69) is 55.5 Å². The number of nitrogens with one attached hydrogen (secondary N) is 1. The van der Waals surface area contributed by atoms with E-state index < -0.39 is 0 Å². The summed E-state index contributed by atoms with van der Waals surface area (Å²) in [5.41, 5.74) is 2.22. The van der Waals surface area contributed by atoms with E-state index in [4.69, 9.17) is 0 Å². The lowest BCUT2D eigenvalue weighted by Gasteiger charge is -2.28. The molecule has 4 nitrogen and oxygen atoms in total. The van der Waals surface area contributed by atoms with Crippen molar-refractivity contribution in [3.8, 4) is 5.69 Å². The van der Waals surface area contributed by atoms with Crippen LogP contribution in [0.15, 0.2) is 36.5 Å². The highest BCUT2D eigenvalue weighted by Crippen LogP contribution is 2.29. The number of para-hydroxylation sites is 1. The number of benzene rings is 1. The van der Waals surface area contributed by atoms with Gasteiger partial charge in [0.1, 0.15) is 0 Å². The minimum absolute atomic E-state index is 0.0148. The molecule has 0 saturated carbocycles. The van der Waals surface area contributed by atoms with Crippen LogP contribution in [0.2, 0.25) is 0 Å². The second-order valence-electron chi connectivity index (χ2n) is 5.91. The molecule has 0 aliphatic rings. The number of hydrogen-bond acceptors (Lipinski definition) is 3. The van der Waals surface area contributed by atoms with Gasteiger partial charge in [0.05, 0.1) is 17.6 Å². The van der Waals surface area contributed by atoms with Crippen LogP contribution >= 0.6 is 0 Å². The van der Waals surface area contributed by atoms with Gasteiger partial charge in [-0.2, -0.15) is 0 Å². The average Bonchev–Trinajstić information content (AvgIpc) is 2.89. The molecular formula is C16H24N4. The van der Waals surface area contributed by atoms with Crippen molar-refractivity contribution in [1.29, 1.82) is 0 Å². The molecule has 1 N–H and O–H groups in total. The van der Waals surface area contributed by atoms with E-state index in [1.807, 2.05) is 29.1 Å². The van der Waals surface area contributed by atoms with E-state index in [-0.39, 0.29) is 5.41 Å². The molecule has 2 aromatic rings. The molecule has 1 atom stereocenters. The Morgan fingerprint density at radius 3 is 2.60 bits per heavy atom. The molecule has 2 rings (SSSR count). The lowest BCUT2D eigenvalue weighted by atomic mass is 9.83. The van der Waals surface area contributed by atoms with Gasteiger partial charge in [0.15, 0.2) is 0 Å². The summed E-state index contributed by atoms with van der Waals surface area (Å²) in [6.45, 7) is 9.85. The molecule has 1 aromatic carbocycles. The van der Waals surface area contributed by atoms with Crippen molar-refractivity contribution in [3.05, 3.63) is 42.2 Å². The molecule has 0 amide bonds. The summed E-state index contributed by atoms with van der Waals surface area (Å²) >= 11 is 0. The van der Waals surface area contributed by atoms with Crippen molar-refractivity contribution in [2.45, 2.75) is 45.6 Å². The maximum absolute atomic E-state index is 4.25. The minimum Gasteiger partial charge on any atom is -0.314 e. The lowest BCUT2D eigenvalue weighted by Crippen LogP contribution is -2.34. The first-order chi connectivity index (χ1) is 9.54. The number of hydrogen-bond donors (Lipinski definition) is 1. The van der Waals surface area contributed by atoms with Gasteiger partial charge in [0.25, 0.3) is 0 Å². The number of nitrogens with zero attached hydrogens (tertiary/aromatic N) is 3. The van der Waals surface area contributed by atoms with Crippen molar-refractivity contribution < 1.29 is 0 Å². The van der Waals surface area contributed by atoms with Crippen molar-refractivity contribution >= 4 is 0 Å². The molecule has 1 aromatic heterocycles. The van der Waals surface area contributed by atoms with E-state index in [0.717, 1.165) is 24.3 Å². The van der Waals surface area contributed by atoms with Crippen LogP contribution in [-0.2, 0) is 5.41 Å². The highest BCUT2D eigenvalue weighted by atomic mass is 15.4. The van der Waals surface area contributed by atoms with Crippen molar-refractivity contribution in [1.82, 2.24) is 20.3 Å². The normalized spacial score (nSPS) is 13.4. The fraction of sp³-hybridized carbons (Fsp3) is 0.500. The average molecular weight is 272 g/mol. The molecule has 0 aliphatic heterocycles. The highest BCUT2D eigenvalue weighted by Gasteiger charge is 2.27. The highest BCUT2D eigenvalue weighted by molar-refractivity contribution is 5.33. The summed E-state index contributed by atoms with van der Waals surface area (Å²) in [5, 5.41) is 11.8. The largest absolute Gasteiger partial charge is 0.314 e. The van der Waals surface area contributed by atoms with Crippen LogP contribution in [0.4, 0.5) is 0 Å². The summed E-state index contributed by atoms with van der Waals surface area (Å²) in [5.74, 6) is 0. The van der Waals surface area contributed by atoms with Gasteiger partial charge in [-0.3, -0.25) is 0 Å². The lowest BCUT2D eigenvalue weighted by molar-refractivity contribution is 0.379. The van der Waals surface area contributed by atoms with Gasteiger partial charge in [-0.25, -0.2) is 4.68 Å². The van der Waals surface area contributed by atoms with Crippen LogP contribution in [0, 0.1) is 0 Å². The number of rotatable bonds is 6. The van der Waals surface area contributed by atoms with Crippen LogP contribution in [0.3, 0.4) is 0 Å². The van der Waals surface area contributed by atoms with Crippen molar-refractivity contribution in [3.63, 3.8) is 0 Å². The Balaban J connectivity index is 2.27. The number of aromatic nitrogens is 3. The third-order valence-electron chi connectivity index (χ3n) is 3.61. The SMILES string of the molecule is CCNC(C)CC(C)(C)c1cnnn1-c1ccccc1. The molecule has 0 radical (unpaired) electrons. The van der Waals surface area contributed by atoms with Crippen LogP contribution in [0.25, 0.3) is 5.69 Å². The monoisotopic (exact) mass is 272 g/mol. The minimum atomic E-state index is 0.0148. The summed E-state index contributed by atoms with van der Waals surface area (Å²) in [4.78, 5) is 0. The Morgan fingerprint density at radius 1 is 1.25 bits per heavy atom. The van der Waals surface area contributed by atoms with Gasteiger partial charge in [-0.05, 0) is 32.0 Å². The molecule has 20 heavy (non-hydrogen) atoms. The van der Waals surface area contributed by atoms with Crippen molar-refractivity contribution in [2.75, 3.05) is 6.54 Å². The molecular weight excluding hydrogens is 248 g/mol. The maximum Gasteiger partial charge on any atom is 0.0735 e. The second-order valence-corrected chi connectivity index (χ2v) is 5.91. The second kappa shape index (κ2) is 6.18. The Kier molecular flexibility index (Phi) is 4.55. The van der Waals surface area contributed by atoms with Crippen LogP contribution in [0.5, 0.6) is 0 Å². The van der Waals surface area contributed by atoms with E-state index in [9.17, 15) is 0 Å². The first kappa shape index (κ1) is 14.7. The van der Waals surface area contributed by atoms with Gasteiger partial charge in [0.2, 0.25) is 0 Å². The molecule has 0 spiro atoms. The smallest absolute Gasteiger partial charge is 0.0735 e. The first-order valence-corrected chi connectivity index (χ1v) is 7.24.